The number of para-hydroxylation sites is 1. The molecule has 1 heteroatoms. The van der Waals surface area contributed by atoms with E-state index in [1.807, 2.05) is 0 Å². The Morgan fingerprint density at radius 3 is 2.67 bits per heavy atom. The van der Waals surface area contributed by atoms with Gasteiger partial charge in [-0.3, -0.25) is 0 Å². The minimum atomic E-state index is 0.816. The number of benzene rings is 1. The SMILES string of the molecule is CN(C1=CC2CC2C=C1)c1ccccc1. The van der Waals surface area contributed by atoms with Gasteiger partial charge < -0.3 is 4.90 Å². The quantitative estimate of drug-likeness (QED) is 0.703. The van der Waals surface area contributed by atoms with Crippen molar-refractivity contribution < 1.29 is 0 Å². The Bertz CT molecular complexity index is 416. The fourth-order valence-electron chi connectivity index (χ4n) is 2.17. The molecule has 0 radical (unpaired) electrons. The molecule has 0 bridgehead atoms. The summed E-state index contributed by atoms with van der Waals surface area (Å²) in [7, 11) is 2.13. The molecule has 1 aromatic rings. The zero-order chi connectivity index (χ0) is 10.3. The van der Waals surface area contributed by atoms with Crippen LogP contribution in [0.4, 0.5) is 5.69 Å². The highest BCUT2D eigenvalue weighted by Gasteiger charge is 2.35. The van der Waals surface area contributed by atoms with Crippen LogP contribution in [0, 0.1) is 11.8 Å². The van der Waals surface area contributed by atoms with E-state index in [9.17, 15) is 0 Å². The number of anilines is 1. The largest absolute Gasteiger partial charge is 0.345 e. The van der Waals surface area contributed by atoms with E-state index in [2.05, 4.69) is 60.5 Å². The van der Waals surface area contributed by atoms with Gasteiger partial charge >= 0.3 is 0 Å². The first kappa shape index (κ1) is 8.78. The molecule has 2 atom stereocenters. The van der Waals surface area contributed by atoms with Crippen LogP contribution >= 0.6 is 0 Å². The molecule has 15 heavy (non-hydrogen) atoms. The molecule has 0 heterocycles. The van der Waals surface area contributed by atoms with Crippen LogP contribution < -0.4 is 4.90 Å². The predicted molar refractivity (Wildman–Crippen MR) is 63.7 cm³/mol. The molecule has 0 amide bonds. The van der Waals surface area contributed by atoms with Gasteiger partial charge in [-0.2, -0.15) is 0 Å². The first-order valence-electron chi connectivity index (χ1n) is 5.53. The van der Waals surface area contributed by atoms with E-state index in [-0.39, 0.29) is 0 Å². The number of allylic oxidation sites excluding steroid dienone is 3. The van der Waals surface area contributed by atoms with Crippen LogP contribution in [-0.4, -0.2) is 7.05 Å². The lowest BCUT2D eigenvalue weighted by molar-refractivity contribution is 0.942. The highest BCUT2D eigenvalue weighted by Crippen LogP contribution is 2.44. The lowest BCUT2D eigenvalue weighted by Gasteiger charge is -2.22. The molecule has 2 aliphatic carbocycles. The molecule has 0 saturated heterocycles. The van der Waals surface area contributed by atoms with Gasteiger partial charge in [0.25, 0.3) is 0 Å². The van der Waals surface area contributed by atoms with Gasteiger partial charge in [-0.15, -0.1) is 0 Å². The van der Waals surface area contributed by atoms with Gasteiger partial charge in [-0.25, -0.2) is 0 Å². The average molecular weight is 197 g/mol. The fraction of sp³-hybridized carbons (Fsp3) is 0.286. The number of likely N-dealkylation sites (N-methyl/N-ethyl adjacent to an activating group) is 1. The molecule has 2 aliphatic rings. The lowest BCUT2D eigenvalue weighted by atomic mass is 10.1. The second-order valence-corrected chi connectivity index (χ2v) is 4.41. The van der Waals surface area contributed by atoms with Crippen molar-refractivity contribution in [3.05, 3.63) is 54.3 Å². The molecule has 0 aromatic heterocycles. The first-order valence-corrected chi connectivity index (χ1v) is 5.53. The molecule has 3 rings (SSSR count). The first-order chi connectivity index (χ1) is 7.34. The molecule has 0 N–H and O–H groups in total. The molecule has 76 valence electrons. The van der Waals surface area contributed by atoms with Crippen LogP contribution in [0.5, 0.6) is 0 Å². The summed E-state index contributed by atoms with van der Waals surface area (Å²) in [6.45, 7) is 0. The van der Waals surface area contributed by atoms with Crippen molar-refractivity contribution in [3.63, 3.8) is 0 Å². The fourth-order valence-corrected chi connectivity index (χ4v) is 2.17. The summed E-state index contributed by atoms with van der Waals surface area (Å²) in [5.41, 5.74) is 2.59. The molecular weight excluding hydrogens is 182 g/mol. The van der Waals surface area contributed by atoms with Crippen LogP contribution in [0.1, 0.15) is 6.42 Å². The zero-order valence-electron chi connectivity index (χ0n) is 8.93. The van der Waals surface area contributed by atoms with Crippen LogP contribution in [0.25, 0.3) is 0 Å². The monoisotopic (exact) mass is 197 g/mol. The third kappa shape index (κ3) is 1.58. The van der Waals surface area contributed by atoms with Gasteiger partial charge in [0.15, 0.2) is 0 Å². The van der Waals surface area contributed by atoms with E-state index >= 15 is 0 Å². The lowest BCUT2D eigenvalue weighted by Crippen LogP contribution is -2.16. The molecule has 0 spiro atoms. The molecule has 1 saturated carbocycles. The summed E-state index contributed by atoms with van der Waals surface area (Å²) < 4.78 is 0. The van der Waals surface area contributed by atoms with E-state index in [4.69, 9.17) is 0 Å². The topological polar surface area (TPSA) is 3.24 Å². The maximum absolute atomic E-state index is 2.40. The summed E-state index contributed by atoms with van der Waals surface area (Å²) in [6.07, 6.45) is 8.35. The third-order valence-corrected chi connectivity index (χ3v) is 3.32. The van der Waals surface area contributed by atoms with E-state index < -0.39 is 0 Å². The van der Waals surface area contributed by atoms with Crippen molar-refractivity contribution in [2.24, 2.45) is 11.8 Å². The Hall–Kier alpha value is -1.50. The van der Waals surface area contributed by atoms with Crippen LogP contribution in [0.2, 0.25) is 0 Å². The van der Waals surface area contributed by atoms with E-state index in [0.717, 1.165) is 11.8 Å². The van der Waals surface area contributed by atoms with Gasteiger partial charge in [0.05, 0.1) is 0 Å². The van der Waals surface area contributed by atoms with Crippen molar-refractivity contribution in [1.29, 1.82) is 0 Å². The summed E-state index contributed by atoms with van der Waals surface area (Å²) in [6, 6.07) is 10.5. The Labute approximate surface area is 90.7 Å². The highest BCUT2D eigenvalue weighted by molar-refractivity contribution is 5.54. The molecule has 1 nitrogen and oxygen atoms in total. The van der Waals surface area contributed by atoms with Gasteiger partial charge in [-0.05, 0) is 36.5 Å². The maximum Gasteiger partial charge on any atom is 0.0407 e. The van der Waals surface area contributed by atoms with Crippen LogP contribution in [-0.2, 0) is 0 Å². The number of hydrogen-bond donors (Lipinski definition) is 0. The number of rotatable bonds is 2. The third-order valence-electron chi connectivity index (χ3n) is 3.32. The van der Waals surface area contributed by atoms with Crippen LogP contribution in [0.15, 0.2) is 54.3 Å². The van der Waals surface area contributed by atoms with Crippen molar-refractivity contribution in [3.8, 4) is 0 Å². The van der Waals surface area contributed by atoms with Gasteiger partial charge in [0.1, 0.15) is 0 Å². The minimum Gasteiger partial charge on any atom is -0.345 e. The number of fused-ring (bicyclic) bond motifs is 1. The normalized spacial score (nSPS) is 26.9. The number of nitrogens with zero attached hydrogens (tertiary/aromatic N) is 1. The summed E-state index contributed by atoms with van der Waals surface area (Å²) >= 11 is 0. The molecule has 1 fully saturated rings. The van der Waals surface area contributed by atoms with Crippen LogP contribution in [0.3, 0.4) is 0 Å². The molecule has 2 unspecified atom stereocenters. The standard InChI is InChI=1S/C14H15N/c1-15(13-5-3-2-4-6-13)14-8-7-11-9-12(11)10-14/h2-8,10-12H,9H2,1H3. The number of hydrogen-bond acceptors (Lipinski definition) is 1. The second-order valence-electron chi connectivity index (χ2n) is 4.41. The van der Waals surface area contributed by atoms with Crippen molar-refractivity contribution in [1.82, 2.24) is 0 Å². The minimum absolute atomic E-state index is 0.816. The molecule has 1 aromatic carbocycles. The summed E-state index contributed by atoms with van der Waals surface area (Å²) in [5.74, 6) is 1.66. The van der Waals surface area contributed by atoms with E-state index in [1.54, 1.807) is 0 Å². The van der Waals surface area contributed by atoms with Crippen molar-refractivity contribution in [2.75, 3.05) is 11.9 Å². The zero-order valence-corrected chi connectivity index (χ0v) is 8.93. The van der Waals surface area contributed by atoms with Gasteiger partial charge in [-0.1, -0.05) is 30.4 Å². The summed E-state index contributed by atoms with van der Waals surface area (Å²) in [5, 5.41) is 0. The van der Waals surface area contributed by atoms with E-state index in [0.29, 0.717) is 0 Å². The van der Waals surface area contributed by atoms with E-state index in [1.165, 1.54) is 17.8 Å². The highest BCUT2D eigenvalue weighted by atomic mass is 15.1. The Balaban J connectivity index is 1.86. The Morgan fingerprint density at radius 1 is 1.13 bits per heavy atom. The average Bonchev–Trinajstić information content (AvgIpc) is 3.07. The predicted octanol–water partition coefficient (Wildman–Crippen LogP) is 3.21. The smallest absolute Gasteiger partial charge is 0.0407 e. The molecular formula is C14H15N. The summed E-state index contributed by atoms with van der Waals surface area (Å²) in [4.78, 5) is 2.26. The maximum atomic E-state index is 2.40. The van der Waals surface area contributed by atoms with Crippen molar-refractivity contribution in [2.45, 2.75) is 6.42 Å². The Morgan fingerprint density at radius 2 is 1.93 bits per heavy atom. The second kappa shape index (κ2) is 3.27. The molecule has 0 aliphatic heterocycles. The van der Waals surface area contributed by atoms with Gasteiger partial charge in [0.2, 0.25) is 0 Å². The van der Waals surface area contributed by atoms with Crippen molar-refractivity contribution >= 4 is 5.69 Å². The van der Waals surface area contributed by atoms with Gasteiger partial charge in [0, 0.05) is 18.4 Å². The Kier molecular flexibility index (Phi) is 1.91.